The van der Waals surface area contributed by atoms with Crippen LogP contribution >= 0.6 is 0 Å². The van der Waals surface area contributed by atoms with Crippen molar-refractivity contribution in [1.29, 1.82) is 0 Å². The van der Waals surface area contributed by atoms with Gasteiger partial charge in [0.15, 0.2) is 0 Å². The molecule has 1 unspecified atom stereocenters. The van der Waals surface area contributed by atoms with Gasteiger partial charge in [0.1, 0.15) is 0 Å². The largest absolute Gasteiger partial charge is 0.335 e. The van der Waals surface area contributed by atoms with E-state index in [9.17, 15) is 4.79 Å². The number of hydrogen-bond acceptors (Lipinski definition) is 3. The number of amidine groups is 1. The lowest BCUT2D eigenvalue weighted by atomic mass is 9.84. The third kappa shape index (κ3) is 4.11. The van der Waals surface area contributed by atoms with Gasteiger partial charge in [0.05, 0.1) is 12.5 Å². The van der Waals surface area contributed by atoms with E-state index in [1.165, 1.54) is 0 Å². The molecule has 1 amide bonds. The van der Waals surface area contributed by atoms with E-state index in [1.807, 2.05) is 35.2 Å². The average Bonchev–Trinajstić information content (AvgIpc) is 2.60. The van der Waals surface area contributed by atoms with Gasteiger partial charge in [-0.3, -0.25) is 9.79 Å². The molecule has 0 aliphatic carbocycles. The number of carbonyl (C=O) groups is 1. The van der Waals surface area contributed by atoms with E-state index in [2.05, 4.69) is 35.7 Å². The van der Waals surface area contributed by atoms with Crippen molar-refractivity contribution in [3.63, 3.8) is 0 Å². The van der Waals surface area contributed by atoms with Gasteiger partial charge in [0.25, 0.3) is 5.91 Å². The van der Waals surface area contributed by atoms with E-state index >= 15 is 0 Å². The highest BCUT2D eigenvalue weighted by Crippen LogP contribution is 2.28. The highest BCUT2D eigenvalue weighted by molar-refractivity contribution is 6.39. The fourth-order valence-electron chi connectivity index (χ4n) is 3.07. The van der Waals surface area contributed by atoms with Gasteiger partial charge < -0.3 is 4.90 Å². The highest BCUT2D eigenvalue weighted by atomic mass is 16.2. The van der Waals surface area contributed by atoms with E-state index in [0.717, 1.165) is 31.5 Å². The number of hydrogen-bond donors (Lipinski definition) is 0. The van der Waals surface area contributed by atoms with Crippen LogP contribution < -0.4 is 0 Å². The zero-order valence-electron chi connectivity index (χ0n) is 14.3. The summed E-state index contributed by atoms with van der Waals surface area (Å²) >= 11 is 0. The molecule has 3 rings (SSSR count). The predicted molar refractivity (Wildman–Crippen MR) is 97.2 cm³/mol. The molecule has 1 atom stereocenters. The first-order chi connectivity index (χ1) is 11.5. The van der Waals surface area contributed by atoms with Crippen molar-refractivity contribution in [3.05, 3.63) is 35.9 Å². The Morgan fingerprint density at radius 1 is 1.29 bits per heavy atom. The van der Waals surface area contributed by atoms with Crippen molar-refractivity contribution >= 4 is 18.0 Å². The molecule has 1 aromatic rings. The summed E-state index contributed by atoms with van der Waals surface area (Å²) in [6, 6.07) is 9.85. The standard InChI is InChI=1S/C20H23N3O/c1-20(2)11-6-12-23(15-20)19(24)18-21-13-17(14-22-18)10-9-16-7-4-3-5-8-16/h3-5,7-8,13,17H,6,11-12,14-15H2,1-2H3. The molecule has 4 heteroatoms. The average molecular weight is 321 g/mol. The van der Waals surface area contributed by atoms with E-state index < -0.39 is 0 Å². The van der Waals surface area contributed by atoms with E-state index in [-0.39, 0.29) is 17.2 Å². The van der Waals surface area contributed by atoms with Crippen LogP contribution in [0.5, 0.6) is 0 Å². The molecule has 0 N–H and O–H groups in total. The second-order valence-corrected chi connectivity index (χ2v) is 7.18. The molecule has 1 aromatic carbocycles. The molecule has 24 heavy (non-hydrogen) atoms. The second-order valence-electron chi connectivity index (χ2n) is 7.18. The van der Waals surface area contributed by atoms with Gasteiger partial charge in [-0.05, 0) is 30.4 Å². The summed E-state index contributed by atoms with van der Waals surface area (Å²) < 4.78 is 0. The molecule has 2 heterocycles. The van der Waals surface area contributed by atoms with Crippen LogP contribution in [0.25, 0.3) is 0 Å². The van der Waals surface area contributed by atoms with Crippen LogP contribution in [0.15, 0.2) is 40.3 Å². The van der Waals surface area contributed by atoms with Crippen molar-refractivity contribution in [2.45, 2.75) is 26.7 Å². The molecule has 0 saturated carbocycles. The summed E-state index contributed by atoms with van der Waals surface area (Å²) in [6.07, 6.45) is 3.95. The molecular weight excluding hydrogens is 298 g/mol. The first kappa shape index (κ1) is 16.4. The number of benzene rings is 1. The van der Waals surface area contributed by atoms with Crippen molar-refractivity contribution < 1.29 is 4.79 Å². The van der Waals surface area contributed by atoms with Crippen molar-refractivity contribution in [1.82, 2.24) is 4.90 Å². The van der Waals surface area contributed by atoms with Crippen LogP contribution in [-0.4, -0.2) is 42.5 Å². The molecule has 124 valence electrons. The Hall–Kier alpha value is -2.41. The van der Waals surface area contributed by atoms with Crippen molar-refractivity contribution in [2.75, 3.05) is 19.6 Å². The van der Waals surface area contributed by atoms with E-state index in [1.54, 1.807) is 6.21 Å². The van der Waals surface area contributed by atoms with Gasteiger partial charge in [0, 0.05) is 24.9 Å². The SMILES string of the molecule is CC1(C)CCCN(C(=O)C2=NCC(C#Cc3ccccc3)C=N2)C1. The van der Waals surface area contributed by atoms with Crippen molar-refractivity contribution in [2.24, 2.45) is 21.3 Å². The molecule has 1 fully saturated rings. The highest BCUT2D eigenvalue weighted by Gasteiger charge is 2.31. The summed E-state index contributed by atoms with van der Waals surface area (Å²) in [5.41, 5.74) is 1.16. The van der Waals surface area contributed by atoms with Gasteiger partial charge in [-0.25, -0.2) is 4.99 Å². The summed E-state index contributed by atoms with van der Waals surface area (Å²) in [7, 11) is 0. The van der Waals surface area contributed by atoms with Gasteiger partial charge in [-0.1, -0.05) is 43.9 Å². The minimum Gasteiger partial charge on any atom is -0.335 e. The number of amides is 1. The summed E-state index contributed by atoms with van der Waals surface area (Å²) in [4.78, 5) is 23.1. The van der Waals surface area contributed by atoms with Gasteiger partial charge in [-0.2, -0.15) is 0 Å². The third-order valence-electron chi connectivity index (χ3n) is 4.37. The summed E-state index contributed by atoms with van der Waals surface area (Å²) in [5, 5.41) is 0. The van der Waals surface area contributed by atoms with Gasteiger partial charge in [-0.15, -0.1) is 0 Å². The Bertz CT molecular complexity index is 722. The Labute approximate surface area is 143 Å². The quantitative estimate of drug-likeness (QED) is 0.734. The number of piperidine rings is 1. The Kier molecular flexibility index (Phi) is 4.80. The van der Waals surface area contributed by atoms with Crippen LogP contribution in [0, 0.1) is 23.2 Å². The zero-order valence-corrected chi connectivity index (χ0v) is 14.3. The lowest BCUT2D eigenvalue weighted by Crippen LogP contribution is -2.46. The molecule has 0 bridgehead atoms. The third-order valence-corrected chi connectivity index (χ3v) is 4.37. The number of carbonyl (C=O) groups excluding carboxylic acids is 1. The van der Waals surface area contributed by atoms with Crippen LogP contribution in [0.2, 0.25) is 0 Å². The number of nitrogens with zero attached hydrogens (tertiary/aromatic N) is 3. The van der Waals surface area contributed by atoms with Crippen molar-refractivity contribution in [3.8, 4) is 11.8 Å². The molecule has 4 nitrogen and oxygen atoms in total. The molecule has 2 aliphatic rings. The maximum atomic E-state index is 12.6. The fraction of sp³-hybridized carbons (Fsp3) is 0.450. The maximum absolute atomic E-state index is 12.6. The monoisotopic (exact) mass is 321 g/mol. The first-order valence-corrected chi connectivity index (χ1v) is 8.48. The van der Waals surface area contributed by atoms with E-state index in [0.29, 0.717) is 12.4 Å². The lowest BCUT2D eigenvalue weighted by molar-refractivity contribution is -0.127. The normalized spacial score (nSPS) is 22.3. The topological polar surface area (TPSA) is 45.0 Å². The summed E-state index contributed by atoms with van der Waals surface area (Å²) in [5.74, 6) is 6.53. The predicted octanol–water partition coefficient (Wildman–Crippen LogP) is 2.79. The number of likely N-dealkylation sites (tertiary alicyclic amines) is 1. The fourth-order valence-corrected chi connectivity index (χ4v) is 3.07. The molecular formula is C20H23N3O. The minimum absolute atomic E-state index is 0.0282. The van der Waals surface area contributed by atoms with Crippen LogP contribution in [-0.2, 0) is 4.79 Å². The minimum atomic E-state index is -0.0477. The van der Waals surface area contributed by atoms with Crippen LogP contribution in [0.1, 0.15) is 32.3 Å². The smallest absolute Gasteiger partial charge is 0.291 e. The second kappa shape index (κ2) is 7.00. The molecule has 0 aromatic heterocycles. The Balaban J connectivity index is 1.61. The van der Waals surface area contributed by atoms with E-state index in [4.69, 9.17) is 0 Å². The Morgan fingerprint density at radius 3 is 2.75 bits per heavy atom. The van der Waals surface area contributed by atoms with Gasteiger partial charge in [0.2, 0.25) is 5.84 Å². The molecule has 0 radical (unpaired) electrons. The van der Waals surface area contributed by atoms with Crippen LogP contribution in [0.4, 0.5) is 0 Å². The van der Waals surface area contributed by atoms with Gasteiger partial charge >= 0.3 is 0 Å². The molecule has 0 spiro atoms. The number of rotatable bonds is 1. The first-order valence-electron chi connectivity index (χ1n) is 8.48. The summed E-state index contributed by atoms with van der Waals surface area (Å²) in [6.45, 7) is 6.48. The Morgan fingerprint density at radius 2 is 2.08 bits per heavy atom. The lowest BCUT2D eigenvalue weighted by Gasteiger charge is -2.37. The zero-order chi connectivity index (χ0) is 17.0. The van der Waals surface area contributed by atoms with Crippen LogP contribution in [0.3, 0.4) is 0 Å². The number of aliphatic imine (C=N–C) groups is 2. The molecule has 2 aliphatic heterocycles. The molecule has 1 saturated heterocycles. The maximum Gasteiger partial charge on any atom is 0.291 e.